The van der Waals surface area contributed by atoms with Crippen LogP contribution >= 0.6 is 11.3 Å². The van der Waals surface area contributed by atoms with Gasteiger partial charge in [0, 0.05) is 36.3 Å². The molecule has 21 heavy (non-hydrogen) atoms. The van der Waals surface area contributed by atoms with Gasteiger partial charge in [0.15, 0.2) is 0 Å². The number of nitrogens with one attached hydrogen (secondary N) is 2. The topological polar surface area (TPSA) is 54.0 Å². The van der Waals surface area contributed by atoms with E-state index in [0.717, 1.165) is 25.1 Å². The monoisotopic (exact) mass is 303 g/mol. The number of amides is 1. The molecular formula is C16H21N3OS. The van der Waals surface area contributed by atoms with E-state index in [0.29, 0.717) is 12.1 Å². The highest BCUT2D eigenvalue weighted by atomic mass is 32.1. The minimum Gasteiger partial charge on any atom is -0.351 e. The van der Waals surface area contributed by atoms with Crippen molar-refractivity contribution >= 4 is 17.2 Å². The van der Waals surface area contributed by atoms with E-state index in [1.807, 2.05) is 37.4 Å². The van der Waals surface area contributed by atoms with Gasteiger partial charge in [-0.2, -0.15) is 0 Å². The van der Waals surface area contributed by atoms with E-state index in [-0.39, 0.29) is 5.91 Å². The van der Waals surface area contributed by atoms with E-state index in [4.69, 9.17) is 0 Å². The molecule has 2 rings (SSSR count). The number of aromatic nitrogens is 1. The lowest BCUT2D eigenvalue weighted by molar-refractivity contribution is 0.0954. The van der Waals surface area contributed by atoms with Crippen LogP contribution in [0.1, 0.15) is 32.7 Å². The first-order valence-electron chi connectivity index (χ1n) is 7.18. The number of thiazole rings is 1. The lowest BCUT2D eigenvalue weighted by Crippen LogP contribution is -2.31. The van der Waals surface area contributed by atoms with Crippen molar-refractivity contribution in [1.82, 2.24) is 15.6 Å². The van der Waals surface area contributed by atoms with E-state index in [1.165, 1.54) is 9.88 Å². The average Bonchev–Trinajstić information content (AvgIpc) is 2.95. The lowest BCUT2D eigenvalue weighted by atomic mass is 10.1. The molecule has 0 aliphatic rings. The van der Waals surface area contributed by atoms with Crippen LogP contribution in [0.4, 0.5) is 0 Å². The zero-order chi connectivity index (χ0) is 15.1. The molecule has 1 aromatic carbocycles. The Bertz CT molecular complexity index is 577. The van der Waals surface area contributed by atoms with E-state index >= 15 is 0 Å². The van der Waals surface area contributed by atoms with Crippen molar-refractivity contribution in [1.29, 1.82) is 0 Å². The fourth-order valence-corrected chi connectivity index (χ4v) is 2.71. The Balaban J connectivity index is 1.65. The summed E-state index contributed by atoms with van der Waals surface area (Å²) in [6.07, 6.45) is 2.90. The van der Waals surface area contributed by atoms with Gasteiger partial charge in [-0.25, -0.2) is 4.98 Å². The molecule has 5 heteroatoms. The fraction of sp³-hybridized carbons (Fsp3) is 0.375. The Labute approximate surface area is 129 Å². The first-order valence-corrected chi connectivity index (χ1v) is 8.00. The summed E-state index contributed by atoms with van der Waals surface area (Å²) in [6.45, 7) is 6.28. The third-order valence-corrected chi connectivity index (χ3v) is 4.25. The van der Waals surface area contributed by atoms with E-state index in [2.05, 4.69) is 22.5 Å². The summed E-state index contributed by atoms with van der Waals surface area (Å²) in [7, 11) is 0. The Morgan fingerprint density at radius 1 is 1.24 bits per heavy atom. The number of nitrogens with zero attached hydrogens (tertiary/aromatic N) is 1. The number of benzene rings is 1. The van der Waals surface area contributed by atoms with Crippen LogP contribution in [-0.2, 0) is 13.0 Å². The van der Waals surface area contributed by atoms with Gasteiger partial charge < -0.3 is 10.6 Å². The second-order valence-corrected chi connectivity index (χ2v) is 6.07. The molecule has 0 radical (unpaired) electrons. The molecule has 0 saturated heterocycles. The van der Waals surface area contributed by atoms with Gasteiger partial charge in [0.25, 0.3) is 5.91 Å². The minimum atomic E-state index is -0.0251. The molecule has 112 valence electrons. The maximum atomic E-state index is 11.9. The van der Waals surface area contributed by atoms with Gasteiger partial charge in [0.2, 0.25) is 0 Å². The van der Waals surface area contributed by atoms with E-state index in [1.54, 1.807) is 11.3 Å². The van der Waals surface area contributed by atoms with Gasteiger partial charge in [-0.15, -0.1) is 11.3 Å². The molecule has 0 fully saturated rings. The van der Waals surface area contributed by atoms with Gasteiger partial charge >= 0.3 is 0 Å². The predicted octanol–water partition coefficient (Wildman–Crippen LogP) is 2.53. The predicted molar refractivity (Wildman–Crippen MR) is 86.7 cm³/mol. The molecule has 1 heterocycles. The maximum absolute atomic E-state index is 11.9. The number of rotatable bonds is 7. The summed E-state index contributed by atoms with van der Waals surface area (Å²) >= 11 is 1.73. The van der Waals surface area contributed by atoms with Crippen LogP contribution in [0.2, 0.25) is 0 Å². The van der Waals surface area contributed by atoms with Gasteiger partial charge in [0.1, 0.15) is 0 Å². The molecule has 0 unspecified atom stereocenters. The summed E-state index contributed by atoms with van der Waals surface area (Å²) in [5.41, 5.74) is 1.86. The highest BCUT2D eigenvalue weighted by Gasteiger charge is 2.04. The SMILES string of the molecule is CCc1ncc(CNCCNC(=O)c2ccc(C)cc2)s1. The van der Waals surface area contributed by atoms with Crippen LogP contribution in [-0.4, -0.2) is 24.0 Å². The van der Waals surface area contributed by atoms with Crippen molar-refractivity contribution in [2.24, 2.45) is 0 Å². The van der Waals surface area contributed by atoms with Crippen molar-refractivity contribution in [2.45, 2.75) is 26.8 Å². The molecule has 1 aromatic heterocycles. The normalized spacial score (nSPS) is 10.6. The van der Waals surface area contributed by atoms with Crippen LogP contribution in [0.3, 0.4) is 0 Å². The van der Waals surface area contributed by atoms with Gasteiger partial charge in [-0.3, -0.25) is 4.79 Å². The van der Waals surface area contributed by atoms with Crippen molar-refractivity contribution in [3.8, 4) is 0 Å². The molecule has 2 aromatic rings. The number of hydrogen-bond donors (Lipinski definition) is 2. The number of aryl methyl sites for hydroxylation is 2. The Kier molecular flexibility index (Phi) is 5.90. The van der Waals surface area contributed by atoms with Gasteiger partial charge in [0.05, 0.1) is 5.01 Å². The van der Waals surface area contributed by atoms with Crippen molar-refractivity contribution in [2.75, 3.05) is 13.1 Å². The summed E-state index contributed by atoms with van der Waals surface area (Å²) in [4.78, 5) is 17.4. The van der Waals surface area contributed by atoms with Crippen molar-refractivity contribution < 1.29 is 4.79 Å². The largest absolute Gasteiger partial charge is 0.351 e. The van der Waals surface area contributed by atoms with Gasteiger partial charge in [-0.05, 0) is 25.5 Å². The maximum Gasteiger partial charge on any atom is 0.251 e. The van der Waals surface area contributed by atoms with Crippen LogP contribution < -0.4 is 10.6 Å². The first kappa shape index (κ1) is 15.7. The summed E-state index contributed by atoms with van der Waals surface area (Å²) in [5, 5.41) is 7.38. The van der Waals surface area contributed by atoms with Crippen molar-refractivity contribution in [3.63, 3.8) is 0 Å². The molecule has 1 amide bonds. The van der Waals surface area contributed by atoms with Crippen LogP contribution in [0.5, 0.6) is 0 Å². The van der Waals surface area contributed by atoms with Crippen LogP contribution in [0.15, 0.2) is 30.5 Å². The van der Waals surface area contributed by atoms with E-state index in [9.17, 15) is 4.79 Å². The third-order valence-electron chi connectivity index (χ3n) is 3.10. The van der Waals surface area contributed by atoms with Crippen LogP contribution in [0.25, 0.3) is 0 Å². The average molecular weight is 303 g/mol. The standard InChI is InChI=1S/C16H21N3OS/c1-3-15-19-11-14(21-15)10-17-8-9-18-16(20)13-6-4-12(2)5-7-13/h4-7,11,17H,3,8-10H2,1-2H3,(H,18,20). The molecule has 2 N–H and O–H groups in total. The van der Waals surface area contributed by atoms with Gasteiger partial charge in [-0.1, -0.05) is 24.6 Å². The zero-order valence-electron chi connectivity index (χ0n) is 12.5. The molecule has 0 aliphatic carbocycles. The molecule has 0 saturated carbocycles. The molecular weight excluding hydrogens is 282 g/mol. The molecule has 0 bridgehead atoms. The number of carbonyl (C=O) groups is 1. The Morgan fingerprint density at radius 2 is 2.00 bits per heavy atom. The second-order valence-electron chi connectivity index (χ2n) is 4.87. The molecule has 0 spiro atoms. The summed E-state index contributed by atoms with van der Waals surface area (Å²) in [5.74, 6) is -0.0251. The number of carbonyl (C=O) groups excluding carboxylic acids is 1. The first-order chi connectivity index (χ1) is 10.2. The smallest absolute Gasteiger partial charge is 0.251 e. The Morgan fingerprint density at radius 3 is 2.67 bits per heavy atom. The van der Waals surface area contributed by atoms with E-state index < -0.39 is 0 Å². The highest BCUT2D eigenvalue weighted by Crippen LogP contribution is 2.12. The number of hydrogen-bond acceptors (Lipinski definition) is 4. The lowest BCUT2D eigenvalue weighted by Gasteiger charge is -2.06. The minimum absolute atomic E-state index is 0.0251. The fourth-order valence-electron chi connectivity index (χ4n) is 1.88. The van der Waals surface area contributed by atoms with Crippen LogP contribution in [0, 0.1) is 6.92 Å². The summed E-state index contributed by atoms with van der Waals surface area (Å²) < 4.78 is 0. The Hall–Kier alpha value is -1.72. The molecule has 4 nitrogen and oxygen atoms in total. The highest BCUT2D eigenvalue weighted by molar-refractivity contribution is 7.11. The summed E-state index contributed by atoms with van der Waals surface area (Å²) in [6, 6.07) is 7.59. The zero-order valence-corrected chi connectivity index (χ0v) is 13.3. The molecule has 0 atom stereocenters. The molecule has 0 aliphatic heterocycles. The van der Waals surface area contributed by atoms with Crippen molar-refractivity contribution in [3.05, 3.63) is 51.5 Å². The third kappa shape index (κ3) is 4.95. The quantitative estimate of drug-likeness (QED) is 0.773. The second kappa shape index (κ2) is 7.90.